The molecule has 0 amide bonds. The number of alkyl halides is 1. The summed E-state index contributed by atoms with van der Waals surface area (Å²) in [6.07, 6.45) is -1.41. The van der Waals surface area contributed by atoms with Crippen LogP contribution in [0.15, 0.2) is 54.6 Å². The number of benzene rings is 2. The van der Waals surface area contributed by atoms with E-state index in [1.54, 1.807) is 69.3 Å². The molecule has 1 heterocycles. The molecular formula is C20H19FO4. The first-order valence-electron chi connectivity index (χ1n) is 8.01. The first-order valence-corrected chi connectivity index (χ1v) is 8.01. The van der Waals surface area contributed by atoms with Crippen molar-refractivity contribution in [3.8, 4) is 5.75 Å². The van der Waals surface area contributed by atoms with Crippen molar-refractivity contribution in [1.82, 2.24) is 0 Å². The Kier molecular flexibility index (Phi) is 4.11. The van der Waals surface area contributed by atoms with Gasteiger partial charge in [0.15, 0.2) is 6.10 Å². The van der Waals surface area contributed by atoms with Gasteiger partial charge in [-0.15, -0.1) is 0 Å². The molecule has 1 aliphatic heterocycles. The van der Waals surface area contributed by atoms with Crippen molar-refractivity contribution < 1.29 is 23.5 Å². The largest absolute Gasteiger partial charge is 0.480 e. The number of halogens is 1. The molecule has 1 aliphatic rings. The molecule has 2 aromatic carbocycles. The maximum absolute atomic E-state index is 16.0. The predicted molar refractivity (Wildman–Crippen MR) is 90.3 cm³/mol. The molecule has 2 aromatic rings. The van der Waals surface area contributed by atoms with Gasteiger partial charge in [0.25, 0.3) is 0 Å². The zero-order chi connectivity index (χ0) is 18.2. The molecule has 0 aliphatic carbocycles. The van der Waals surface area contributed by atoms with Crippen LogP contribution in [0.4, 0.5) is 4.39 Å². The fourth-order valence-electron chi connectivity index (χ4n) is 2.76. The topological polar surface area (TPSA) is 52.6 Å². The monoisotopic (exact) mass is 342 g/mol. The van der Waals surface area contributed by atoms with Crippen LogP contribution in [0.3, 0.4) is 0 Å². The van der Waals surface area contributed by atoms with E-state index in [0.29, 0.717) is 5.56 Å². The molecule has 5 heteroatoms. The molecule has 0 aromatic heterocycles. The summed E-state index contributed by atoms with van der Waals surface area (Å²) in [6, 6.07) is 14.7. The van der Waals surface area contributed by atoms with E-state index in [2.05, 4.69) is 0 Å². The summed E-state index contributed by atoms with van der Waals surface area (Å²) < 4.78 is 26.9. The van der Waals surface area contributed by atoms with Gasteiger partial charge in [-0.3, -0.25) is 4.79 Å². The minimum absolute atomic E-state index is 0.0306. The van der Waals surface area contributed by atoms with E-state index in [1.807, 2.05) is 0 Å². The maximum Gasteiger partial charge on any atom is 0.357 e. The summed E-state index contributed by atoms with van der Waals surface area (Å²) in [4.78, 5) is 25.5. The zero-order valence-electron chi connectivity index (χ0n) is 14.3. The van der Waals surface area contributed by atoms with Gasteiger partial charge in [0.1, 0.15) is 11.4 Å². The lowest BCUT2D eigenvalue weighted by molar-refractivity contribution is -0.172. The standard InChI is InChI=1S/C20H19FO4/c1-19(2,3)25-18(23)20(21)16(22)14-11-7-8-12-15(14)24-17(20)13-9-5-4-6-10-13/h4-12,17H,1-3H3/t17-,20+/m1/s1. The van der Waals surface area contributed by atoms with Crippen LogP contribution in [0.25, 0.3) is 0 Å². The van der Waals surface area contributed by atoms with Crippen LogP contribution >= 0.6 is 0 Å². The Labute approximate surface area is 145 Å². The normalized spacial score (nSPS) is 22.7. The molecule has 4 nitrogen and oxygen atoms in total. The number of Topliss-reactive ketones (excluding diaryl/α,β-unsaturated/α-hetero) is 1. The molecule has 3 rings (SSSR count). The van der Waals surface area contributed by atoms with Crippen molar-refractivity contribution in [2.75, 3.05) is 0 Å². The minimum Gasteiger partial charge on any atom is -0.480 e. The van der Waals surface area contributed by atoms with Gasteiger partial charge in [0.05, 0.1) is 5.56 Å². The first-order chi connectivity index (χ1) is 11.7. The van der Waals surface area contributed by atoms with Crippen molar-refractivity contribution in [3.05, 3.63) is 65.7 Å². The van der Waals surface area contributed by atoms with Crippen LogP contribution in [0, 0.1) is 0 Å². The molecule has 0 fully saturated rings. The lowest BCUT2D eigenvalue weighted by atomic mass is 9.82. The summed E-state index contributed by atoms with van der Waals surface area (Å²) in [5.74, 6) is -1.94. The average molecular weight is 342 g/mol. The highest BCUT2D eigenvalue weighted by molar-refractivity contribution is 6.18. The van der Waals surface area contributed by atoms with Crippen LogP contribution in [-0.4, -0.2) is 23.0 Å². The zero-order valence-corrected chi connectivity index (χ0v) is 14.3. The average Bonchev–Trinajstić information content (AvgIpc) is 2.57. The van der Waals surface area contributed by atoms with Gasteiger partial charge in [-0.1, -0.05) is 42.5 Å². The summed E-state index contributed by atoms with van der Waals surface area (Å²) >= 11 is 0. The lowest BCUT2D eigenvalue weighted by Crippen LogP contribution is -2.54. The Morgan fingerprint density at radius 3 is 2.32 bits per heavy atom. The second-order valence-corrected chi connectivity index (χ2v) is 6.95. The number of ether oxygens (including phenoxy) is 2. The highest BCUT2D eigenvalue weighted by Crippen LogP contribution is 2.44. The van der Waals surface area contributed by atoms with Crippen LogP contribution in [0.1, 0.15) is 42.8 Å². The van der Waals surface area contributed by atoms with Gasteiger partial charge in [-0.25, -0.2) is 9.18 Å². The minimum atomic E-state index is -2.96. The third-order valence-corrected chi connectivity index (χ3v) is 3.87. The van der Waals surface area contributed by atoms with Crippen molar-refractivity contribution in [2.24, 2.45) is 0 Å². The molecule has 0 saturated carbocycles. The van der Waals surface area contributed by atoms with Crippen LogP contribution in [0.5, 0.6) is 5.75 Å². The number of carbonyl (C=O) groups excluding carboxylic acids is 2. The van der Waals surface area contributed by atoms with Crippen LogP contribution in [0.2, 0.25) is 0 Å². The number of hydrogen-bond acceptors (Lipinski definition) is 4. The van der Waals surface area contributed by atoms with Crippen LogP contribution < -0.4 is 4.74 Å². The molecule has 130 valence electrons. The van der Waals surface area contributed by atoms with Gasteiger partial charge < -0.3 is 9.47 Å². The summed E-state index contributed by atoms with van der Waals surface area (Å²) in [5.41, 5.74) is -3.47. The molecule has 25 heavy (non-hydrogen) atoms. The van der Waals surface area contributed by atoms with Gasteiger partial charge >= 0.3 is 11.6 Å². The molecule has 0 unspecified atom stereocenters. The van der Waals surface area contributed by atoms with Gasteiger partial charge in [0, 0.05) is 0 Å². The fraction of sp³-hybridized carbons (Fsp3) is 0.300. The Morgan fingerprint density at radius 1 is 1.08 bits per heavy atom. The lowest BCUT2D eigenvalue weighted by Gasteiger charge is -2.37. The number of para-hydroxylation sites is 1. The van der Waals surface area contributed by atoms with Gasteiger partial charge in [-0.05, 0) is 38.5 Å². The summed E-state index contributed by atoms with van der Waals surface area (Å²) in [6.45, 7) is 4.86. The predicted octanol–water partition coefficient (Wildman–Crippen LogP) is 4.05. The molecule has 2 atom stereocenters. The Bertz CT molecular complexity index is 810. The number of esters is 1. The number of rotatable bonds is 2. The third kappa shape index (κ3) is 3.02. The molecule has 0 saturated heterocycles. The smallest absolute Gasteiger partial charge is 0.357 e. The van der Waals surface area contributed by atoms with Crippen LogP contribution in [-0.2, 0) is 9.53 Å². The van der Waals surface area contributed by atoms with Crippen molar-refractivity contribution in [2.45, 2.75) is 38.1 Å². The maximum atomic E-state index is 16.0. The van der Waals surface area contributed by atoms with E-state index in [1.165, 1.54) is 6.07 Å². The molecule has 0 bridgehead atoms. The number of ketones is 1. The molecular weight excluding hydrogens is 323 g/mol. The van der Waals surface area contributed by atoms with E-state index in [4.69, 9.17) is 9.47 Å². The molecule has 0 N–H and O–H groups in total. The quantitative estimate of drug-likeness (QED) is 0.610. The van der Waals surface area contributed by atoms with Crippen molar-refractivity contribution in [1.29, 1.82) is 0 Å². The number of fused-ring (bicyclic) bond motifs is 1. The SMILES string of the molecule is CC(C)(C)OC(=O)[C@]1(F)C(=O)c2ccccc2O[C@@H]1c1ccccc1. The van der Waals surface area contributed by atoms with Crippen molar-refractivity contribution >= 4 is 11.8 Å². The Morgan fingerprint density at radius 2 is 1.68 bits per heavy atom. The summed E-state index contributed by atoms with van der Waals surface area (Å²) in [7, 11) is 0. The second kappa shape index (κ2) is 5.99. The Balaban J connectivity index is 2.14. The van der Waals surface area contributed by atoms with E-state index >= 15 is 4.39 Å². The number of carbonyl (C=O) groups is 2. The van der Waals surface area contributed by atoms with E-state index in [0.717, 1.165) is 0 Å². The highest BCUT2D eigenvalue weighted by Gasteiger charge is 2.60. The molecule has 0 spiro atoms. The van der Waals surface area contributed by atoms with E-state index in [-0.39, 0.29) is 11.3 Å². The highest BCUT2D eigenvalue weighted by atomic mass is 19.1. The third-order valence-electron chi connectivity index (χ3n) is 3.87. The van der Waals surface area contributed by atoms with E-state index < -0.39 is 29.1 Å². The van der Waals surface area contributed by atoms with E-state index in [9.17, 15) is 9.59 Å². The van der Waals surface area contributed by atoms with Crippen molar-refractivity contribution in [3.63, 3.8) is 0 Å². The fourth-order valence-corrected chi connectivity index (χ4v) is 2.76. The first kappa shape index (κ1) is 17.1. The van der Waals surface area contributed by atoms with Gasteiger partial charge in [0.2, 0.25) is 5.78 Å². The molecule has 0 radical (unpaired) electrons. The Hall–Kier alpha value is -2.69. The summed E-state index contributed by atoms with van der Waals surface area (Å²) in [5, 5.41) is 0. The number of hydrogen-bond donors (Lipinski definition) is 0. The second-order valence-electron chi connectivity index (χ2n) is 6.95. The van der Waals surface area contributed by atoms with Gasteiger partial charge in [-0.2, -0.15) is 0 Å².